The van der Waals surface area contributed by atoms with Gasteiger partial charge in [0.1, 0.15) is 5.54 Å². The molecule has 0 amide bonds. The molecule has 1 aromatic heterocycles. The molecule has 0 unspecified atom stereocenters. The van der Waals surface area contributed by atoms with Crippen molar-refractivity contribution in [2.45, 2.75) is 17.0 Å². The summed E-state index contributed by atoms with van der Waals surface area (Å²) in [6.45, 7) is 0. The van der Waals surface area contributed by atoms with Crippen molar-refractivity contribution in [3.8, 4) is 0 Å². The topological polar surface area (TPSA) is 17.8 Å². The van der Waals surface area contributed by atoms with Crippen molar-refractivity contribution < 1.29 is 13.2 Å². The van der Waals surface area contributed by atoms with E-state index in [0.29, 0.717) is 0 Å². The standard InChI is InChI=1S/C24H18BrF3N2/c25-16-22-21(24(26,27)28)17-30(29-22)23(18-10-4-1-5-11-18,19-12-6-2-7-13-19)20-14-8-3-9-15-20/h1-15,17H,16H2. The van der Waals surface area contributed by atoms with Gasteiger partial charge in [0.2, 0.25) is 0 Å². The van der Waals surface area contributed by atoms with E-state index in [1.165, 1.54) is 4.68 Å². The first kappa shape index (κ1) is 20.4. The van der Waals surface area contributed by atoms with Gasteiger partial charge >= 0.3 is 6.18 Å². The first-order valence-corrected chi connectivity index (χ1v) is 10.5. The largest absolute Gasteiger partial charge is 0.419 e. The maximum atomic E-state index is 13.8. The van der Waals surface area contributed by atoms with Gasteiger partial charge in [0.25, 0.3) is 0 Å². The Bertz CT molecular complexity index is 1010. The van der Waals surface area contributed by atoms with Crippen molar-refractivity contribution in [3.63, 3.8) is 0 Å². The molecule has 0 radical (unpaired) electrons. The Morgan fingerprint density at radius 1 is 0.700 bits per heavy atom. The highest BCUT2D eigenvalue weighted by Crippen LogP contribution is 2.42. The summed E-state index contributed by atoms with van der Waals surface area (Å²) in [6.07, 6.45) is -3.39. The van der Waals surface area contributed by atoms with E-state index in [-0.39, 0.29) is 11.0 Å². The van der Waals surface area contributed by atoms with Crippen molar-refractivity contribution in [1.29, 1.82) is 0 Å². The molecule has 4 aromatic rings. The second-order valence-electron chi connectivity index (χ2n) is 6.87. The second kappa shape index (κ2) is 8.11. The number of aromatic nitrogens is 2. The van der Waals surface area contributed by atoms with E-state index in [4.69, 9.17) is 0 Å². The molecular weight excluding hydrogens is 453 g/mol. The van der Waals surface area contributed by atoms with Gasteiger partial charge in [-0.1, -0.05) is 107 Å². The van der Waals surface area contributed by atoms with Gasteiger partial charge in [0.15, 0.2) is 0 Å². The molecule has 30 heavy (non-hydrogen) atoms. The lowest BCUT2D eigenvalue weighted by Crippen LogP contribution is -2.38. The highest BCUT2D eigenvalue weighted by atomic mass is 79.9. The lowest BCUT2D eigenvalue weighted by Gasteiger charge is -2.36. The van der Waals surface area contributed by atoms with Crippen molar-refractivity contribution in [3.05, 3.63) is 125 Å². The van der Waals surface area contributed by atoms with Crippen LogP contribution in [0.3, 0.4) is 0 Å². The van der Waals surface area contributed by atoms with Gasteiger partial charge in [-0.25, -0.2) is 0 Å². The van der Waals surface area contributed by atoms with Crippen LogP contribution in [-0.4, -0.2) is 9.78 Å². The van der Waals surface area contributed by atoms with Crippen molar-refractivity contribution in [2.75, 3.05) is 0 Å². The van der Waals surface area contributed by atoms with Gasteiger partial charge in [0.05, 0.1) is 11.3 Å². The minimum Gasteiger partial charge on any atom is -0.252 e. The highest BCUT2D eigenvalue weighted by Gasteiger charge is 2.43. The van der Waals surface area contributed by atoms with Crippen LogP contribution in [0.1, 0.15) is 27.9 Å². The molecule has 0 spiro atoms. The zero-order valence-corrected chi connectivity index (χ0v) is 17.4. The Hall–Kier alpha value is -2.86. The molecular formula is C24H18BrF3N2. The molecule has 0 bridgehead atoms. The van der Waals surface area contributed by atoms with E-state index in [1.54, 1.807) is 0 Å². The third kappa shape index (κ3) is 3.45. The zero-order chi connectivity index (χ0) is 21.2. The van der Waals surface area contributed by atoms with E-state index >= 15 is 0 Å². The van der Waals surface area contributed by atoms with Crippen molar-refractivity contribution in [2.24, 2.45) is 0 Å². The summed E-state index contributed by atoms with van der Waals surface area (Å²) in [7, 11) is 0. The van der Waals surface area contributed by atoms with Crippen LogP contribution in [0.15, 0.2) is 97.2 Å². The molecule has 0 N–H and O–H groups in total. The number of hydrogen-bond acceptors (Lipinski definition) is 1. The minimum absolute atomic E-state index is 0.00327. The summed E-state index contributed by atoms with van der Waals surface area (Å²) in [5.41, 5.74) is 0.602. The van der Waals surface area contributed by atoms with Crippen molar-refractivity contribution in [1.82, 2.24) is 9.78 Å². The monoisotopic (exact) mass is 470 g/mol. The average molecular weight is 471 g/mol. The predicted octanol–water partition coefficient (Wildman–Crippen LogP) is 6.64. The Kier molecular flexibility index (Phi) is 5.52. The lowest BCUT2D eigenvalue weighted by molar-refractivity contribution is -0.138. The number of rotatable bonds is 5. The Labute approximate surface area is 181 Å². The van der Waals surface area contributed by atoms with Gasteiger partial charge in [-0.2, -0.15) is 18.3 Å². The molecule has 2 nitrogen and oxygen atoms in total. The summed E-state index contributed by atoms with van der Waals surface area (Å²) < 4.78 is 42.8. The van der Waals surface area contributed by atoms with Crippen molar-refractivity contribution >= 4 is 15.9 Å². The molecule has 152 valence electrons. The van der Waals surface area contributed by atoms with Crippen LogP contribution in [-0.2, 0) is 17.0 Å². The van der Waals surface area contributed by atoms with Gasteiger partial charge in [-0.3, -0.25) is 4.68 Å². The fourth-order valence-electron chi connectivity index (χ4n) is 3.85. The van der Waals surface area contributed by atoms with E-state index in [0.717, 1.165) is 22.9 Å². The van der Waals surface area contributed by atoms with Gasteiger partial charge < -0.3 is 0 Å². The van der Waals surface area contributed by atoms with Gasteiger partial charge in [-0.15, -0.1) is 0 Å². The Morgan fingerprint density at radius 2 is 1.10 bits per heavy atom. The van der Waals surface area contributed by atoms with E-state index in [2.05, 4.69) is 21.0 Å². The molecule has 6 heteroatoms. The third-order valence-electron chi connectivity index (χ3n) is 5.14. The number of hydrogen-bond donors (Lipinski definition) is 0. The minimum atomic E-state index is -4.50. The molecule has 1 heterocycles. The summed E-state index contributed by atoms with van der Waals surface area (Å²) in [6, 6.07) is 28.5. The van der Waals surface area contributed by atoms with Gasteiger partial charge in [0, 0.05) is 11.5 Å². The molecule has 4 rings (SSSR count). The molecule has 0 fully saturated rings. The molecule has 0 aliphatic rings. The number of benzene rings is 3. The summed E-state index contributed by atoms with van der Waals surface area (Å²) in [5, 5.41) is 4.45. The first-order valence-electron chi connectivity index (χ1n) is 9.36. The SMILES string of the molecule is FC(F)(F)c1cn(C(c2ccccc2)(c2ccccc2)c2ccccc2)nc1CBr. The van der Waals surface area contributed by atoms with Crippen LogP contribution in [0.2, 0.25) is 0 Å². The highest BCUT2D eigenvalue weighted by molar-refractivity contribution is 9.08. The summed E-state index contributed by atoms with van der Waals surface area (Å²) in [5.74, 6) is 0. The fraction of sp³-hybridized carbons (Fsp3) is 0.125. The van der Waals surface area contributed by atoms with E-state index in [1.807, 2.05) is 91.0 Å². The smallest absolute Gasteiger partial charge is 0.252 e. The van der Waals surface area contributed by atoms with E-state index in [9.17, 15) is 13.2 Å². The molecule has 0 aliphatic heterocycles. The zero-order valence-electron chi connectivity index (χ0n) is 15.9. The maximum Gasteiger partial charge on any atom is 0.419 e. The third-order valence-corrected chi connectivity index (χ3v) is 5.67. The number of halogens is 4. The van der Waals surface area contributed by atoms with Crippen LogP contribution < -0.4 is 0 Å². The number of nitrogens with zero attached hydrogens (tertiary/aromatic N) is 2. The summed E-state index contributed by atoms with van der Waals surface area (Å²) >= 11 is 3.17. The van der Waals surface area contributed by atoms with Gasteiger partial charge in [-0.05, 0) is 16.7 Å². The molecule has 0 atom stereocenters. The quantitative estimate of drug-likeness (QED) is 0.236. The van der Waals surface area contributed by atoms with Crippen LogP contribution in [0.5, 0.6) is 0 Å². The Morgan fingerprint density at radius 3 is 1.40 bits per heavy atom. The molecule has 0 saturated heterocycles. The lowest BCUT2D eigenvalue weighted by atomic mass is 9.77. The van der Waals surface area contributed by atoms with Crippen LogP contribution in [0.4, 0.5) is 13.2 Å². The van der Waals surface area contributed by atoms with Crippen LogP contribution >= 0.6 is 15.9 Å². The first-order chi connectivity index (χ1) is 14.5. The normalized spacial score (nSPS) is 12.1. The average Bonchev–Trinajstić information content (AvgIpc) is 3.22. The summed E-state index contributed by atoms with van der Waals surface area (Å²) in [4.78, 5) is 0. The predicted molar refractivity (Wildman–Crippen MR) is 114 cm³/mol. The maximum absolute atomic E-state index is 13.8. The number of alkyl halides is 4. The van der Waals surface area contributed by atoms with Crippen LogP contribution in [0.25, 0.3) is 0 Å². The fourth-order valence-corrected chi connectivity index (χ4v) is 4.27. The molecule has 0 saturated carbocycles. The molecule has 3 aromatic carbocycles. The van der Waals surface area contributed by atoms with Crippen LogP contribution in [0, 0.1) is 0 Å². The van der Waals surface area contributed by atoms with E-state index < -0.39 is 17.3 Å². The Balaban J connectivity index is 2.13. The second-order valence-corrected chi connectivity index (χ2v) is 7.43. The molecule has 0 aliphatic carbocycles.